The van der Waals surface area contributed by atoms with Gasteiger partial charge in [0.1, 0.15) is 17.6 Å². The Morgan fingerprint density at radius 3 is 2.27 bits per heavy atom. The van der Waals surface area contributed by atoms with Crippen molar-refractivity contribution < 1.29 is 30.0 Å². The van der Waals surface area contributed by atoms with Crippen molar-refractivity contribution >= 4 is 16.9 Å². The van der Waals surface area contributed by atoms with Crippen LogP contribution in [0.4, 0.5) is 0 Å². The number of carbonyl (C=O) groups is 1. The summed E-state index contributed by atoms with van der Waals surface area (Å²) in [6, 6.07) is 14.2. The first-order valence-electron chi connectivity index (χ1n) is 10.4. The first-order chi connectivity index (χ1) is 15.6. The molecule has 0 saturated heterocycles. The highest BCUT2D eigenvalue weighted by molar-refractivity contribution is 5.87. The summed E-state index contributed by atoms with van der Waals surface area (Å²) in [4.78, 5) is 23.6. The molecule has 0 bridgehead atoms. The number of phenolic OH excluding ortho intramolecular Hbond substituents is 1. The Bertz CT molecular complexity index is 1110. The lowest BCUT2D eigenvalue weighted by molar-refractivity contribution is -0.145. The minimum absolute atomic E-state index is 0.0144. The van der Waals surface area contributed by atoms with E-state index in [2.05, 4.69) is 17.2 Å². The predicted octanol–water partition coefficient (Wildman–Crippen LogP) is 1.95. The van der Waals surface area contributed by atoms with Crippen LogP contribution >= 0.6 is 0 Å². The maximum atomic E-state index is 11.5. The molecule has 0 aliphatic rings. The van der Waals surface area contributed by atoms with Crippen LogP contribution in [0.25, 0.3) is 10.9 Å². The largest absolute Gasteiger partial charge is 0.506 e. The number of nitrogens with one attached hydrogen (secondary N) is 2. The number of fused-ring (bicyclic) bond motifs is 1. The number of aliphatic hydroxyl groups is 2. The van der Waals surface area contributed by atoms with Crippen molar-refractivity contribution in [2.75, 3.05) is 13.7 Å². The molecule has 0 fully saturated rings. The molecule has 9 nitrogen and oxygen atoms in total. The fraction of sp³-hybridized carbons (Fsp3) is 0.333. The Morgan fingerprint density at radius 2 is 1.70 bits per heavy atom. The van der Waals surface area contributed by atoms with Crippen molar-refractivity contribution in [3.63, 3.8) is 0 Å². The molecular formula is C24H30N2O7. The molecule has 3 atom stereocenters. The van der Waals surface area contributed by atoms with Gasteiger partial charge < -0.3 is 35.5 Å². The van der Waals surface area contributed by atoms with Crippen LogP contribution in [0.2, 0.25) is 0 Å². The molecule has 0 radical (unpaired) electrons. The Kier molecular flexibility index (Phi) is 9.41. The molecule has 3 rings (SSSR count). The lowest BCUT2D eigenvalue weighted by Crippen LogP contribution is -2.32. The fourth-order valence-corrected chi connectivity index (χ4v) is 3.16. The third kappa shape index (κ3) is 7.60. The van der Waals surface area contributed by atoms with E-state index in [1.807, 2.05) is 24.3 Å². The van der Waals surface area contributed by atoms with Gasteiger partial charge in [0.05, 0.1) is 18.7 Å². The number of H-pyrrole nitrogens is 1. The van der Waals surface area contributed by atoms with Gasteiger partial charge in [0.25, 0.3) is 0 Å². The third-order valence-corrected chi connectivity index (χ3v) is 4.98. The number of ether oxygens (including phenoxy) is 1. The lowest BCUT2D eigenvalue weighted by Gasteiger charge is -2.19. The van der Waals surface area contributed by atoms with Crippen LogP contribution in [-0.2, 0) is 11.2 Å². The lowest BCUT2D eigenvalue weighted by atomic mass is 10.0. The standard InChI is InChI=1S/C21H24N2O4.C3H6O3/c1-13(11-14-3-5-15(27-2)6-4-14)22-12-19(25)16-7-9-18(24)21-17(16)8-10-20(26)23-21;1-2(4)3(5)6/h3-10,13,19,22,24-25H,11-12H2,1-2H3,(H,23,26);2,4H,1H3,(H,5,6)/t13-,19+;/m1./s1. The van der Waals surface area contributed by atoms with Gasteiger partial charge in [-0.1, -0.05) is 18.2 Å². The van der Waals surface area contributed by atoms with Gasteiger partial charge >= 0.3 is 5.97 Å². The van der Waals surface area contributed by atoms with Crippen molar-refractivity contribution in [1.82, 2.24) is 10.3 Å². The molecule has 0 amide bonds. The van der Waals surface area contributed by atoms with Crippen molar-refractivity contribution in [3.05, 3.63) is 70.0 Å². The van der Waals surface area contributed by atoms with E-state index in [1.54, 1.807) is 19.2 Å². The van der Waals surface area contributed by atoms with Crippen LogP contribution in [0.5, 0.6) is 11.5 Å². The summed E-state index contributed by atoms with van der Waals surface area (Å²) in [7, 11) is 1.64. The molecule has 9 heteroatoms. The number of phenols is 1. The number of aromatic amines is 1. The number of aliphatic hydroxyl groups excluding tert-OH is 2. The first kappa shape index (κ1) is 25.9. The van der Waals surface area contributed by atoms with E-state index in [0.717, 1.165) is 12.2 Å². The van der Waals surface area contributed by atoms with E-state index in [0.29, 0.717) is 23.0 Å². The molecule has 178 valence electrons. The molecule has 0 saturated carbocycles. The van der Waals surface area contributed by atoms with Crippen LogP contribution in [-0.4, -0.2) is 57.2 Å². The molecule has 2 aromatic carbocycles. The molecular weight excluding hydrogens is 428 g/mol. The summed E-state index contributed by atoms with van der Waals surface area (Å²) in [5.41, 5.74) is 1.88. The zero-order valence-corrected chi connectivity index (χ0v) is 18.8. The minimum atomic E-state index is -1.23. The van der Waals surface area contributed by atoms with Gasteiger partial charge in [-0.3, -0.25) is 4.79 Å². The second-order valence-corrected chi connectivity index (χ2v) is 7.68. The number of benzene rings is 2. The van der Waals surface area contributed by atoms with Gasteiger partial charge in [0, 0.05) is 24.0 Å². The highest BCUT2D eigenvalue weighted by Crippen LogP contribution is 2.28. The summed E-state index contributed by atoms with van der Waals surface area (Å²) in [5, 5.41) is 40.3. The van der Waals surface area contributed by atoms with Crippen molar-refractivity contribution in [1.29, 1.82) is 0 Å². The average molecular weight is 459 g/mol. The van der Waals surface area contributed by atoms with Gasteiger partial charge in [-0.15, -0.1) is 0 Å². The average Bonchev–Trinajstić information content (AvgIpc) is 2.79. The summed E-state index contributed by atoms with van der Waals surface area (Å²) < 4.78 is 5.16. The van der Waals surface area contributed by atoms with Gasteiger partial charge in [0.2, 0.25) is 5.56 Å². The van der Waals surface area contributed by atoms with Crippen molar-refractivity contribution in [2.45, 2.75) is 38.5 Å². The number of methoxy groups -OCH3 is 1. The zero-order valence-electron chi connectivity index (χ0n) is 18.8. The minimum Gasteiger partial charge on any atom is -0.506 e. The maximum absolute atomic E-state index is 11.5. The molecule has 1 heterocycles. The van der Waals surface area contributed by atoms with E-state index in [-0.39, 0.29) is 17.4 Å². The monoisotopic (exact) mass is 458 g/mol. The van der Waals surface area contributed by atoms with Gasteiger partial charge in [0.15, 0.2) is 0 Å². The Morgan fingerprint density at radius 1 is 1.06 bits per heavy atom. The summed E-state index contributed by atoms with van der Waals surface area (Å²) in [6.45, 7) is 3.61. The highest BCUT2D eigenvalue weighted by Gasteiger charge is 2.15. The van der Waals surface area contributed by atoms with E-state index >= 15 is 0 Å². The van der Waals surface area contributed by atoms with Crippen LogP contribution in [0.1, 0.15) is 31.1 Å². The second kappa shape index (κ2) is 12.0. The second-order valence-electron chi connectivity index (χ2n) is 7.68. The number of carboxylic acid groups (broad SMARTS) is 1. The number of aromatic nitrogens is 1. The number of hydrogen-bond donors (Lipinski definition) is 6. The van der Waals surface area contributed by atoms with E-state index in [1.165, 1.54) is 24.6 Å². The van der Waals surface area contributed by atoms with Crippen LogP contribution < -0.4 is 15.6 Å². The topological polar surface area (TPSA) is 152 Å². The third-order valence-electron chi connectivity index (χ3n) is 4.98. The maximum Gasteiger partial charge on any atom is 0.332 e. The molecule has 33 heavy (non-hydrogen) atoms. The van der Waals surface area contributed by atoms with Gasteiger partial charge in [-0.05, 0) is 55.7 Å². The highest BCUT2D eigenvalue weighted by atomic mass is 16.5. The van der Waals surface area contributed by atoms with E-state index in [9.17, 15) is 19.8 Å². The zero-order chi connectivity index (χ0) is 24.5. The Balaban J connectivity index is 0.000000569. The normalized spacial score (nSPS) is 13.5. The molecule has 0 spiro atoms. The van der Waals surface area contributed by atoms with Crippen molar-refractivity contribution in [3.8, 4) is 11.5 Å². The summed E-state index contributed by atoms with van der Waals surface area (Å²) in [5.74, 6) is -0.374. The Hall–Kier alpha value is -3.40. The summed E-state index contributed by atoms with van der Waals surface area (Å²) >= 11 is 0. The predicted molar refractivity (Wildman–Crippen MR) is 125 cm³/mol. The number of hydrogen-bond acceptors (Lipinski definition) is 7. The molecule has 3 aromatic rings. The van der Waals surface area contributed by atoms with Crippen molar-refractivity contribution in [2.24, 2.45) is 0 Å². The van der Waals surface area contributed by atoms with Gasteiger partial charge in [-0.25, -0.2) is 4.79 Å². The van der Waals surface area contributed by atoms with Crippen LogP contribution in [0.3, 0.4) is 0 Å². The quantitative estimate of drug-likeness (QED) is 0.300. The molecule has 6 N–H and O–H groups in total. The number of pyridine rings is 1. The SMILES string of the molecule is CC(O)C(=O)O.COc1ccc(C[C@@H](C)NC[C@H](O)c2ccc(O)c3[nH]c(=O)ccc23)cc1. The fourth-order valence-electron chi connectivity index (χ4n) is 3.16. The Labute approximate surface area is 191 Å². The van der Waals surface area contributed by atoms with Crippen LogP contribution in [0, 0.1) is 0 Å². The van der Waals surface area contributed by atoms with Crippen LogP contribution in [0.15, 0.2) is 53.3 Å². The number of aliphatic carboxylic acids is 1. The molecule has 0 aliphatic heterocycles. The molecule has 1 aromatic heterocycles. The number of aromatic hydroxyl groups is 1. The number of rotatable bonds is 8. The van der Waals surface area contributed by atoms with E-state index in [4.69, 9.17) is 14.9 Å². The van der Waals surface area contributed by atoms with E-state index < -0.39 is 18.2 Å². The number of carboxylic acids is 1. The summed E-state index contributed by atoms with van der Waals surface area (Å²) in [6.07, 6.45) is -1.18. The first-order valence-corrected chi connectivity index (χ1v) is 10.4. The molecule has 1 unspecified atom stereocenters. The smallest absolute Gasteiger partial charge is 0.332 e. The molecule has 0 aliphatic carbocycles. The van der Waals surface area contributed by atoms with Gasteiger partial charge in [-0.2, -0.15) is 0 Å².